The van der Waals surface area contributed by atoms with E-state index in [1.807, 2.05) is 0 Å². The minimum Gasteiger partial charge on any atom is -0.376 e. The van der Waals surface area contributed by atoms with Crippen molar-refractivity contribution in [1.82, 2.24) is 0 Å². The SMILES string of the molecule is CCOCC[N+](CC)(CC)CC. The van der Waals surface area contributed by atoms with E-state index in [0.29, 0.717) is 0 Å². The first-order valence-electron chi connectivity index (χ1n) is 5.17. The summed E-state index contributed by atoms with van der Waals surface area (Å²) in [6, 6.07) is 0. The highest BCUT2D eigenvalue weighted by Gasteiger charge is 2.19. The maximum Gasteiger partial charge on any atom is 0.102 e. The van der Waals surface area contributed by atoms with Crippen LogP contribution in [-0.2, 0) is 4.74 Å². The first kappa shape index (κ1) is 11.9. The molecule has 74 valence electrons. The van der Waals surface area contributed by atoms with Crippen LogP contribution in [0.2, 0.25) is 0 Å². The lowest BCUT2D eigenvalue weighted by molar-refractivity contribution is -0.923. The molecule has 0 radical (unpaired) electrons. The van der Waals surface area contributed by atoms with Gasteiger partial charge in [0.05, 0.1) is 26.2 Å². The third kappa shape index (κ3) is 3.55. The van der Waals surface area contributed by atoms with Crippen LogP contribution in [-0.4, -0.2) is 43.9 Å². The van der Waals surface area contributed by atoms with Crippen molar-refractivity contribution in [3.8, 4) is 0 Å². The predicted molar refractivity (Wildman–Crippen MR) is 53.2 cm³/mol. The zero-order chi connectivity index (χ0) is 9.45. The molecular weight excluding hydrogens is 150 g/mol. The van der Waals surface area contributed by atoms with E-state index < -0.39 is 0 Å². The van der Waals surface area contributed by atoms with Crippen LogP contribution in [0.5, 0.6) is 0 Å². The van der Waals surface area contributed by atoms with Crippen LogP contribution in [0.25, 0.3) is 0 Å². The smallest absolute Gasteiger partial charge is 0.102 e. The Morgan fingerprint density at radius 1 is 0.917 bits per heavy atom. The van der Waals surface area contributed by atoms with Gasteiger partial charge in [-0.05, 0) is 27.7 Å². The minimum atomic E-state index is 0.844. The molecule has 0 spiro atoms. The maximum atomic E-state index is 5.38. The van der Waals surface area contributed by atoms with Crippen LogP contribution in [0.3, 0.4) is 0 Å². The summed E-state index contributed by atoms with van der Waals surface area (Å²) < 4.78 is 6.57. The molecule has 12 heavy (non-hydrogen) atoms. The quantitative estimate of drug-likeness (QED) is 0.423. The van der Waals surface area contributed by atoms with Gasteiger partial charge < -0.3 is 9.22 Å². The van der Waals surface area contributed by atoms with Crippen LogP contribution in [0.1, 0.15) is 27.7 Å². The van der Waals surface area contributed by atoms with Crippen molar-refractivity contribution >= 4 is 0 Å². The Morgan fingerprint density at radius 2 is 1.42 bits per heavy atom. The summed E-state index contributed by atoms with van der Waals surface area (Å²) in [7, 11) is 0. The van der Waals surface area contributed by atoms with Crippen molar-refractivity contribution in [1.29, 1.82) is 0 Å². The topological polar surface area (TPSA) is 9.23 Å². The van der Waals surface area contributed by atoms with Gasteiger partial charge in [-0.1, -0.05) is 0 Å². The van der Waals surface area contributed by atoms with Crippen molar-refractivity contribution < 1.29 is 9.22 Å². The predicted octanol–water partition coefficient (Wildman–Crippen LogP) is 1.90. The molecule has 0 rings (SSSR count). The minimum absolute atomic E-state index is 0.844. The van der Waals surface area contributed by atoms with Crippen molar-refractivity contribution in [3.63, 3.8) is 0 Å². The average Bonchev–Trinajstić information content (AvgIpc) is 2.14. The summed E-state index contributed by atoms with van der Waals surface area (Å²) in [5.74, 6) is 0. The average molecular weight is 174 g/mol. The van der Waals surface area contributed by atoms with E-state index in [1.165, 1.54) is 24.1 Å². The molecule has 0 amide bonds. The summed E-state index contributed by atoms with van der Waals surface area (Å²) >= 11 is 0. The molecule has 0 unspecified atom stereocenters. The van der Waals surface area contributed by atoms with Crippen LogP contribution >= 0.6 is 0 Å². The van der Waals surface area contributed by atoms with Gasteiger partial charge in [0.15, 0.2) is 0 Å². The van der Waals surface area contributed by atoms with Gasteiger partial charge in [0.2, 0.25) is 0 Å². The van der Waals surface area contributed by atoms with E-state index in [4.69, 9.17) is 4.74 Å². The molecule has 0 aromatic rings. The zero-order valence-electron chi connectivity index (χ0n) is 9.10. The zero-order valence-corrected chi connectivity index (χ0v) is 9.10. The van der Waals surface area contributed by atoms with E-state index in [2.05, 4.69) is 27.7 Å². The Balaban J connectivity index is 3.76. The monoisotopic (exact) mass is 174 g/mol. The number of hydrogen-bond donors (Lipinski definition) is 0. The van der Waals surface area contributed by atoms with Gasteiger partial charge in [-0.2, -0.15) is 0 Å². The third-order valence-corrected chi connectivity index (χ3v) is 2.93. The van der Waals surface area contributed by atoms with Gasteiger partial charge >= 0.3 is 0 Å². The molecule has 0 bridgehead atoms. The van der Waals surface area contributed by atoms with Gasteiger partial charge in [0.1, 0.15) is 6.54 Å². The number of rotatable bonds is 7. The lowest BCUT2D eigenvalue weighted by atomic mass is 10.3. The molecule has 0 aliphatic carbocycles. The van der Waals surface area contributed by atoms with Crippen LogP contribution < -0.4 is 0 Å². The second-order valence-electron chi connectivity index (χ2n) is 3.21. The fraction of sp³-hybridized carbons (Fsp3) is 1.00. The summed E-state index contributed by atoms with van der Waals surface area (Å²) in [6.45, 7) is 15.4. The van der Waals surface area contributed by atoms with Crippen LogP contribution in [0.15, 0.2) is 0 Å². The molecular formula is C10H24NO+. The summed E-state index contributed by atoms with van der Waals surface area (Å²) in [5.41, 5.74) is 0. The summed E-state index contributed by atoms with van der Waals surface area (Å²) in [6.07, 6.45) is 0. The Morgan fingerprint density at radius 3 is 1.75 bits per heavy atom. The van der Waals surface area contributed by atoms with Gasteiger partial charge in [-0.15, -0.1) is 0 Å². The van der Waals surface area contributed by atoms with Crippen molar-refractivity contribution in [2.45, 2.75) is 27.7 Å². The lowest BCUT2D eigenvalue weighted by Crippen LogP contribution is -2.49. The Kier molecular flexibility index (Phi) is 6.39. The molecule has 0 fully saturated rings. The van der Waals surface area contributed by atoms with Gasteiger partial charge in [0.25, 0.3) is 0 Å². The Bertz CT molecular complexity index is 91.7. The fourth-order valence-electron chi connectivity index (χ4n) is 1.55. The van der Waals surface area contributed by atoms with Crippen molar-refractivity contribution in [3.05, 3.63) is 0 Å². The van der Waals surface area contributed by atoms with E-state index >= 15 is 0 Å². The van der Waals surface area contributed by atoms with E-state index in [0.717, 1.165) is 19.8 Å². The highest BCUT2D eigenvalue weighted by atomic mass is 16.5. The molecule has 0 heterocycles. The van der Waals surface area contributed by atoms with Crippen LogP contribution in [0, 0.1) is 0 Å². The Hall–Kier alpha value is -0.0800. The number of quaternary nitrogens is 1. The standard InChI is InChI=1S/C10H24NO/c1-5-11(6-2,7-3)9-10-12-8-4/h5-10H2,1-4H3/q+1. The molecule has 0 aromatic heterocycles. The fourth-order valence-corrected chi connectivity index (χ4v) is 1.55. The summed E-state index contributed by atoms with van der Waals surface area (Å²) in [5, 5.41) is 0. The second-order valence-corrected chi connectivity index (χ2v) is 3.21. The van der Waals surface area contributed by atoms with E-state index in [1.54, 1.807) is 0 Å². The summed E-state index contributed by atoms with van der Waals surface area (Å²) in [4.78, 5) is 0. The number of hydrogen-bond acceptors (Lipinski definition) is 1. The maximum absolute atomic E-state index is 5.38. The molecule has 0 saturated heterocycles. The van der Waals surface area contributed by atoms with Crippen molar-refractivity contribution in [2.75, 3.05) is 39.4 Å². The van der Waals surface area contributed by atoms with E-state index in [9.17, 15) is 0 Å². The molecule has 2 heteroatoms. The van der Waals surface area contributed by atoms with Gasteiger partial charge in [-0.3, -0.25) is 0 Å². The van der Waals surface area contributed by atoms with Gasteiger partial charge in [-0.25, -0.2) is 0 Å². The molecule has 0 atom stereocenters. The largest absolute Gasteiger partial charge is 0.376 e. The van der Waals surface area contributed by atoms with Crippen LogP contribution in [0.4, 0.5) is 0 Å². The Labute approximate surface area is 77.1 Å². The third-order valence-electron chi connectivity index (χ3n) is 2.93. The number of ether oxygens (including phenoxy) is 1. The molecule has 0 aromatic carbocycles. The number of nitrogens with zero attached hydrogens (tertiary/aromatic N) is 1. The molecule has 0 aliphatic heterocycles. The second kappa shape index (κ2) is 6.44. The molecule has 2 nitrogen and oxygen atoms in total. The number of likely N-dealkylation sites (N-methyl/N-ethyl adjacent to an activating group) is 1. The van der Waals surface area contributed by atoms with Crippen molar-refractivity contribution in [2.24, 2.45) is 0 Å². The lowest BCUT2D eigenvalue weighted by Gasteiger charge is -2.35. The highest BCUT2D eigenvalue weighted by Crippen LogP contribution is 2.04. The van der Waals surface area contributed by atoms with Gasteiger partial charge in [0, 0.05) is 6.61 Å². The molecule has 0 N–H and O–H groups in total. The first-order chi connectivity index (χ1) is 5.74. The normalized spacial score (nSPS) is 12.0. The molecule has 0 saturated carbocycles. The van der Waals surface area contributed by atoms with E-state index in [-0.39, 0.29) is 0 Å². The highest BCUT2D eigenvalue weighted by molar-refractivity contribution is 4.37. The molecule has 0 aliphatic rings. The first-order valence-corrected chi connectivity index (χ1v) is 5.17.